The molecule has 2 aliphatic heterocycles. The highest BCUT2D eigenvalue weighted by Gasteiger charge is 2.51. The molecule has 0 radical (unpaired) electrons. The summed E-state index contributed by atoms with van der Waals surface area (Å²) in [5, 5.41) is 8.63. The molecule has 2 saturated heterocycles. The molecular weight excluding hydrogens is 420 g/mol. The number of aromatic nitrogens is 2. The number of amides is 1. The molecule has 1 aromatic rings. The van der Waals surface area contributed by atoms with E-state index in [0.717, 1.165) is 0 Å². The Balaban J connectivity index is 2.08. The van der Waals surface area contributed by atoms with E-state index in [1.54, 1.807) is 19.9 Å². The van der Waals surface area contributed by atoms with Crippen LogP contribution in [0.5, 0.6) is 0 Å². The Morgan fingerprint density at radius 3 is 2.52 bits per heavy atom. The monoisotopic (exact) mass is 446 g/mol. The molecule has 29 heavy (non-hydrogen) atoms. The highest BCUT2D eigenvalue weighted by molar-refractivity contribution is 7.92. The Kier molecular flexibility index (Phi) is 6.26. The van der Waals surface area contributed by atoms with E-state index < -0.39 is 25.9 Å². The Morgan fingerprint density at radius 1 is 1.31 bits per heavy atom. The van der Waals surface area contributed by atoms with Crippen molar-refractivity contribution in [3.63, 3.8) is 0 Å². The van der Waals surface area contributed by atoms with E-state index in [1.165, 1.54) is 4.90 Å². The van der Waals surface area contributed by atoms with Crippen LogP contribution < -0.4 is 4.90 Å². The third kappa shape index (κ3) is 4.02. The van der Waals surface area contributed by atoms with Gasteiger partial charge in [-0.25, -0.2) is 23.2 Å². The summed E-state index contributed by atoms with van der Waals surface area (Å²) < 4.78 is 31.1. The lowest BCUT2D eigenvalue weighted by Crippen LogP contribution is -2.51. The van der Waals surface area contributed by atoms with Crippen LogP contribution in [0.4, 0.5) is 10.6 Å². The molecule has 11 heteroatoms. The van der Waals surface area contributed by atoms with Gasteiger partial charge in [-0.05, 0) is 45.2 Å². The summed E-state index contributed by atoms with van der Waals surface area (Å²) in [4.78, 5) is 23.3. The highest BCUT2D eigenvalue weighted by atomic mass is 35.5. The van der Waals surface area contributed by atoms with Gasteiger partial charge in [0.15, 0.2) is 9.84 Å². The van der Waals surface area contributed by atoms with Gasteiger partial charge in [0, 0.05) is 25.7 Å². The van der Waals surface area contributed by atoms with Crippen molar-refractivity contribution >= 4 is 33.3 Å². The van der Waals surface area contributed by atoms with E-state index in [4.69, 9.17) is 16.3 Å². The molecule has 162 valence electrons. The molecule has 0 spiro atoms. The molecule has 1 unspecified atom stereocenters. The lowest BCUT2D eigenvalue weighted by atomic mass is 9.92. The fraction of sp³-hybridized carbons (Fsp3) is 0.722. The number of hydrogen-bond acceptors (Lipinski definition) is 7. The standard InChI is InChI=1S/C18H27ClN4O5S/c1-12(2)29(26,27)18(4-6-22(7-5-18)17(24)25)14-10-15(21-16(19)20-14)23-8-9-28-11-13(23)3/h10,12-13H,4-9,11H2,1-3H3,(H,24,25). The Bertz CT molecular complexity index is 871. The van der Waals surface area contributed by atoms with Crippen molar-refractivity contribution in [3.8, 4) is 0 Å². The Labute approximate surface area is 175 Å². The first kappa shape index (κ1) is 22.0. The average Bonchev–Trinajstić information content (AvgIpc) is 2.67. The van der Waals surface area contributed by atoms with Gasteiger partial charge in [-0.15, -0.1) is 0 Å². The number of carbonyl (C=O) groups is 1. The summed E-state index contributed by atoms with van der Waals surface area (Å²) in [6, 6.07) is 1.76. The number of piperidine rings is 1. The molecule has 1 amide bonds. The van der Waals surface area contributed by atoms with E-state index in [0.29, 0.717) is 31.3 Å². The van der Waals surface area contributed by atoms with Gasteiger partial charge in [0.25, 0.3) is 0 Å². The second-order valence-electron chi connectivity index (χ2n) is 7.86. The van der Waals surface area contributed by atoms with Crippen molar-refractivity contribution in [2.45, 2.75) is 49.7 Å². The SMILES string of the molecule is CC1COCCN1c1cc(C2(S(=O)(=O)C(C)C)CCN(C(=O)O)CC2)nc(Cl)n1. The number of sulfone groups is 1. The Morgan fingerprint density at radius 2 is 1.97 bits per heavy atom. The molecule has 1 atom stereocenters. The van der Waals surface area contributed by atoms with Crippen LogP contribution in [0.25, 0.3) is 0 Å². The molecule has 0 bridgehead atoms. The smallest absolute Gasteiger partial charge is 0.407 e. The first-order valence-corrected chi connectivity index (χ1v) is 11.6. The van der Waals surface area contributed by atoms with E-state index in [9.17, 15) is 18.3 Å². The molecule has 0 aromatic carbocycles. The minimum absolute atomic E-state index is 0.0183. The number of nitrogens with zero attached hydrogens (tertiary/aromatic N) is 4. The minimum Gasteiger partial charge on any atom is -0.465 e. The van der Waals surface area contributed by atoms with Crippen molar-refractivity contribution in [2.24, 2.45) is 0 Å². The lowest BCUT2D eigenvalue weighted by Gasteiger charge is -2.41. The average molecular weight is 447 g/mol. The molecule has 3 rings (SSSR count). The summed E-state index contributed by atoms with van der Waals surface area (Å²) in [5.74, 6) is 0.565. The molecule has 2 aliphatic rings. The van der Waals surface area contributed by atoms with Gasteiger partial charge in [0.05, 0.1) is 30.2 Å². The minimum atomic E-state index is -3.65. The van der Waals surface area contributed by atoms with Gasteiger partial charge >= 0.3 is 6.09 Å². The van der Waals surface area contributed by atoms with Crippen LogP contribution >= 0.6 is 11.6 Å². The lowest BCUT2D eigenvalue weighted by molar-refractivity contribution is 0.0985. The number of ether oxygens (including phenoxy) is 1. The van der Waals surface area contributed by atoms with E-state index in [1.807, 2.05) is 11.8 Å². The molecule has 3 heterocycles. The fourth-order valence-corrected chi connectivity index (χ4v) is 6.28. The van der Waals surface area contributed by atoms with Gasteiger partial charge in [-0.2, -0.15) is 0 Å². The maximum absolute atomic E-state index is 13.4. The molecule has 9 nitrogen and oxygen atoms in total. The van der Waals surface area contributed by atoms with Crippen LogP contribution in [0.1, 0.15) is 39.3 Å². The summed E-state index contributed by atoms with van der Waals surface area (Å²) in [6.07, 6.45) is -0.791. The largest absolute Gasteiger partial charge is 0.465 e. The molecule has 1 N–H and O–H groups in total. The van der Waals surface area contributed by atoms with Gasteiger partial charge < -0.3 is 19.6 Å². The first-order chi connectivity index (χ1) is 13.6. The Hall–Kier alpha value is -1.65. The zero-order valence-electron chi connectivity index (χ0n) is 16.8. The summed E-state index contributed by atoms with van der Waals surface area (Å²) in [7, 11) is -3.65. The van der Waals surface area contributed by atoms with Gasteiger partial charge in [-0.1, -0.05) is 0 Å². The number of halogens is 1. The van der Waals surface area contributed by atoms with Gasteiger partial charge in [-0.3, -0.25) is 0 Å². The molecule has 0 aliphatic carbocycles. The van der Waals surface area contributed by atoms with E-state index >= 15 is 0 Å². The number of rotatable bonds is 4. The second kappa shape index (κ2) is 8.23. The van der Waals surface area contributed by atoms with Crippen molar-refractivity contribution in [1.82, 2.24) is 14.9 Å². The first-order valence-electron chi connectivity index (χ1n) is 9.69. The topological polar surface area (TPSA) is 113 Å². The van der Waals surface area contributed by atoms with Gasteiger partial charge in [0.1, 0.15) is 10.6 Å². The van der Waals surface area contributed by atoms with E-state index in [2.05, 4.69) is 9.97 Å². The number of morpholine rings is 1. The van der Waals surface area contributed by atoms with Crippen molar-refractivity contribution in [2.75, 3.05) is 37.7 Å². The van der Waals surface area contributed by atoms with Crippen LogP contribution in [-0.2, 0) is 19.3 Å². The van der Waals surface area contributed by atoms with Crippen molar-refractivity contribution < 1.29 is 23.1 Å². The normalized spacial score (nSPS) is 22.7. The predicted molar refractivity (Wildman–Crippen MR) is 109 cm³/mol. The molecule has 2 fully saturated rings. The van der Waals surface area contributed by atoms with Crippen molar-refractivity contribution in [3.05, 3.63) is 17.0 Å². The van der Waals surface area contributed by atoms with E-state index in [-0.39, 0.29) is 37.3 Å². The number of hydrogen-bond donors (Lipinski definition) is 1. The maximum Gasteiger partial charge on any atom is 0.407 e. The third-order valence-corrected chi connectivity index (χ3v) is 8.94. The predicted octanol–water partition coefficient (Wildman–Crippen LogP) is 2.15. The molecule has 0 saturated carbocycles. The highest BCUT2D eigenvalue weighted by Crippen LogP contribution is 2.43. The number of carboxylic acid groups (broad SMARTS) is 1. The van der Waals surface area contributed by atoms with Crippen molar-refractivity contribution in [1.29, 1.82) is 0 Å². The maximum atomic E-state index is 13.4. The molecular formula is C18H27ClN4O5S. The number of likely N-dealkylation sites (tertiary alicyclic amines) is 1. The fourth-order valence-electron chi connectivity index (χ4n) is 4.05. The van der Waals surface area contributed by atoms with Crippen LogP contribution in [0.2, 0.25) is 5.28 Å². The van der Waals surface area contributed by atoms with Crippen LogP contribution in [-0.4, -0.2) is 78.6 Å². The summed E-state index contributed by atoms with van der Waals surface area (Å²) in [6.45, 7) is 7.21. The van der Waals surface area contributed by atoms with Crippen LogP contribution in [0.15, 0.2) is 6.07 Å². The molecule has 1 aromatic heterocycles. The van der Waals surface area contributed by atoms with Crippen LogP contribution in [0.3, 0.4) is 0 Å². The summed E-state index contributed by atoms with van der Waals surface area (Å²) in [5.41, 5.74) is 0.338. The van der Waals surface area contributed by atoms with Gasteiger partial charge in [0.2, 0.25) is 5.28 Å². The van der Waals surface area contributed by atoms with Crippen LogP contribution in [0, 0.1) is 0 Å². The number of anilines is 1. The third-order valence-electron chi connectivity index (χ3n) is 5.82. The summed E-state index contributed by atoms with van der Waals surface area (Å²) >= 11 is 6.23. The second-order valence-corrected chi connectivity index (χ2v) is 11.0. The zero-order chi connectivity index (χ0) is 21.4. The quantitative estimate of drug-likeness (QED) is 0.700. The zero-order valence-corrected chi connectivity index (χ0v) is 18.4.